The van der Waals surface area contributed by atoms with Crippen LogP contribution in [-0.4, -0.2) is 30.6 Å². The maximum Gasteiger partial charge on any atom is 0.213 e. The van der Waals surface area contributed by atoms with Crippen molar-refractivity contribution in [2.45, 2.75) is 44.8 Å². The zero-order valence-corrected chi connectivity index (χ0v) is 18.3. The van der Waals surface area contributed by atoms with Gasteiger partial charge in [0.25, 0.3) is 0 Å². The van der Waals surface area contributed by atoms with E-state index in [1.807, 2.05) is 18.3 Å². The van der Waals surface area contributed by atoms with Gasteiger partial charge >= 0.3 is 0 Å². The van der Waals surface area contributed by atoms with Crippen LogP contribution in [0.25, 0.3) is 0 Å². The zero-order chi connectivity index (χ0) is 17.3. The molecule has 142 valence electrons. The van der Waals surface area contributed by atoms with E-state index in [-0.39, 0.29) is 24.0 Å². The summed E-state index contributed by atoms with van der Waals surface area (Å²) in [6, 6.07) is 8.27. The van der Waals surface area contributed by atoms with Gasteiger partial charge in [0.05, 0.1) is 0 Å². The summed E-state index contributed by atoms with van der Waals surface area (Å²) in [6.45, 7) is 1.56. The molecule has 26 heavy (non-hydrogen) atoms. The first-order valence-corrected chi connectivity index (χ1v) is 9.80. The first kappa shape index (κ1) is 21.0. The number of hydrogen-bond acceptors (Lipinski definition) is 4. The summed E-state index contributed by atoms with van der Waals surface area (Å²) < 4.78 is 5.97. The summed E-state index contributed by atoms with van der Waals surface area (Å²) in [5, 5.41) is 8.80. The highest BCUT2D eigenvalue weighted by atomic mass is 127. The fourth-order valence-corrected chi connectivity index (χ4v) is 3.68. The topological polar surface area (TPSA) is 58.5 Å². The molecule has 3 rings (SSSR count). The summed E-state index contributed by atoms with van der Waals surface area (Å²) >= 11 is 1.79. The van der Waals surface area contributed by atoms with Crippen molar-refractivity contribution in [1.82, 2.24) is 15.6 Å². The van der Waals surface area contributed by atoms with Gasteiger partial charge in [0.1, 0.15) is 6.10 Å². The number of thiophene rings is 1. The van der Waals surface area contributed by atoms with Crippen molar-refractivity contribution >= 4 is 41.3 Å². The summed E-state index contributed by atoms with van der Waals surface area (Å²) in [7, 11) is 1.79. The van der Waals surface area contributed by atoms with E-state index in [9.17, 15) is 0 Å². The number of hydrogen-bond donors (Lipinski definition) is 2. The van der Waals surface area contributed by atoms with Crippen LogP contribution in [0.2, 0.25) is 0 Å². The van der Waals surface area contributed by atoms with Gasteiger partial charge in [0, 0.05) is 37.3 Å². The highest BCUT2D eigenvalue weighted by molar-refractivity contribution is 14.0. The fourth-order valence-electron chi connectivity index (χ4n) is 2.97. The van der Waals surface area contributed by atoms with Crippen LogP contribution >= 0.6 is 35.3 Å². The lowest BCUT2D eigenvalue weighted by atomic mass is 10.2. The average molecular weight is 486 g/mol. The molecule has 0 spiro atoms. The molecule has 0 atom stereocenters. The molecule has 0 unspecified atom stereocenters. The average Bonchev–Trinajstić information content (AvgIpc) is 3.32. The first-order valence-electron chi connectivity index (χ1n) is 8.92. The Kier molecular flexibility index (Phi) is 9.17. The highest BCUT2D eigenvalue weighted by Gasteiger charge is 2.17. The minimum atomic E-state index is 0. The molecule has 1 aliphatic carbocycles. The zero-order valence-electron chi connectivity index (χ0n) is 15.1. The molecule has 2 aromatic rings. The second-order valence-electron chi connectivity index (χ2n) is 6.21. The van der Waals surface area contributed by atoms with E-state index in [1.54, 1.807) is 18.4 Å². The number of nitrogens with zero attached hydrogens (tertiary/aromatic N) is 2. The van der Waals surface area contributed by atoms with Crippen LogP contribution in [0.1, 0.15) is 36.1 Å². The number of rotatable bonds is 7. The molecule has 0 radical (unpaired) electrons. The Morgan fingerprint density at radius 1 is 1.31 bits per heavy atom. The number of aliphatic imine (C=N–C) groups is 1. The Balaban J connectivity index is 0.00000243. The molecule has 0 aliphatic heterocycles. The van der Waals surface area contributed by atoms with Crippen LogP contribution < -0.4 is 15.4 Å². The van der Waals surface area contributed by atoms with Gasteiger partial charge in [0.2, 0.25) is 5.88 Å². The third-order valence-corrected chi connectivity index (χ3v) is 5.25. The van der Waals surface area contributed by atoms with Crippen molar-refractivity contribution in [2.24, 2.45) is 4.99 Å². The molecule has 0 aromatic carbocycles. The lowest BCUT2D eigenvalue weighted by molar-refractivity contribution is 0.201. The molecule has 0 saturated heterocycles. The molecule has 1 fully saturated rings. The Morgan fingerprint density at radius 3 is 2.88 bits per heavy atom. The summed E-state index contributed by atoms with van der Waals surface area (Å²) in [5.74, 6) is 1.54. The van der Waals surface area contributed by atoms with E-state index >= 15 is 0 Å². The van der Waals surface area contributed by atoms with Crippen molar-refractivity contribution in [3.8, 4) is 5.88 Å². The molecule has 1 saturated carbocycles. The van der Waals surface area contributed by atoms with Gasteiger partial charge in [-0.15, -0.1) is 35.3 Å². The Bertz CT molecular complexity index is 672. The molecule has 2 heterocycles. The summed E-state index contributed by atoms with van der Waals surface area (Å²) in [6.07, 6.45) is 7.97. The molecule has 0 amide bonds. The van der Waals surface area contributed by atoms with Crippen molar-refractivity contribution < 1.29 is 4.74 Å². The number of ether oxygens (including phenoxy) is 1. The molecule has 5 nitrogen and oxygen atoms in total. The third-order valence-electron chi connectivity index (χ3n) is 4.32. The largest absolute Gasteiger partial charge is 0.474 e. The molecule has 1 aliphatic rings. The molecule has 2 N–H and O–H groups in total. The number of halogens is 1. The molecule has 2 aromatic heterocycles. The fraction of sp³-hybridized carbons (Fsp3) is 0.474. The van der Waals surface area contributed by atoms with Gasteiger partial charge in [0.15, 0.2) is 5.96 Å². The molecular formula is C19H27IN4OS. The third kappa shape index (κ3) is 6.75. The van der Waals surface area contributed by atoms with Crippen LogP contribution in [0.3, 0.4) is 0 Å². The van der Waals surface area contributed by atoms with Crippen molar-refractivity contribution in [3.05, 3.63) is 46.3 Å². The van der Waals surface area contributed by atoms with E-state index in [0.29, 0.717) is 12.6 Å². The van der Waals surface area contributed by atoms with Gasteiger partial charge < -0.3 is 15.4 Å². The van der Waals surface area contributed by atoms with Crippen LogP contribution in [0.15, 0.2) is 40.8 Å². The van der Waals surface area contributed by atoms with E-state index in [0.717, 1.165) is 43.2 Å². The van der Waals surface area contributed by atoms with Gasteiger partial charge in [-0.25, -0.2) is 4.98 Å². The Labute approximate surface area is 176 Å². The van der Waals surface area contributed by atoms with E-state index in [4.69, 9.17) is 4.74 Å². The second-order valence-corrected chi connectivity index (χ2v) is 7.24. The Morgan fingerprint density at radius 2 is 2.15 bits per heavy atom. The second kappa shape index (κ2) is 11.4. The van der Waals surface area contributed by atoms with E-state index < -0.39 is 0 Å². The number of nitrogens with one attached hydrogen (secondary N) is 2. The normalized spacial score (nSPS) is 14.7. The highest BCUT2D eigenvalue weighted by Crippen LogP contribution is 2.23. The minimum absolute atomic E-state index is 0. The SMILES string of the molecule is CN=C(NCCc1cccs1)NCc1ccnc(OC2CCCC2)c1.I. The number of guanidine groups is 1. The quantitative estimate of drug-likeness (QED) is 0.353. The molecule has 0 bridgehead atoms. The Hall–Kier alpha value is -1.35. The summed E-state index contributed by atoms with van der Waals surface area (Å²) in [5.41, 5.74) is 1.14. The van der Waals surface area contributed by atoms with Gasteiger partial charge in [-0.1, -0.05) is 6.07 Å². The number of pyridine rings is 1. The number of aromatic nitrogens is 1. The maximum atomic E-state index is 5.97. The van der Waals surface area contributed by atoms with Crippen LogP contribution in [-0.2, 0) is 13.0 Å². The van der Waals surface area contributed by atoms with Crippen LogP contribution in [0, 0.1) is 0 Å². The predicted molar refractivity (Wildman–Crippen MR) is 119 cm³/mol. The predicted octanol–water partition coefficient (Wildman–Crippen LogP) is 3.99. The molecule has 7 heteroatoms. The molecular weight excluding hydrogens is 459 g/mol. The van der Waals surface area contributed by atoms with Crippen molar-refractivity contribution in [2.75, 3.05) is 13.6 Å². The smallest absolute Gasteiger partial charge is 0.213 e. The van der Waals surface area contributed by atoms with Crippen molar-refractivity contribution in [1.29, 1.82) is 0 Å². The summed E-state index contributed by atoms with van der Waals surface area (Å²) in [4.78, 5) is 9.99. The van der Waals surface area contributed by atoms with Gasteiger partial charge in [-0.05, 0) is 55.2 Å². The monoisotopic (exact) mass is 486 g/mol. The van der Waals surface area contributed by atoms with Crippen LogP contribution in [0.4, 0.5) is 0 Å². The minimum Gasteiger partial charge on any atom is -0.474 e. The lowest BCUT2D eigenvalue weighted by Crippen LogP contribution is -2.37. The van der Waals surface area contributed by atoms with Crippen molar-refractivity contribution in [3.63, 3.8) is 0 Å². The van der Waals surface area contributed by atoms with Gasteiger partial charge in [-0.3, -0.25) is 4.99 Å². The van der Waals surface area contributed by atoms with E-state index in [2.05, 4.69) is 38.1 Å². The maximum absolute atomic E-state index is 5.97. The standard InChI is InChI=1S/C19H26N4OS.HI/c1-20-19(22-11-9-17-7-4-12-25-17)23-14-15-8-10-21-18(13-15)24-16-5-2-3-6-16;/h4,7-8,10,12-13,16H,2-3,5-6,9,11,14H2,1H3,(H2,20,22,23);1H. The lowest BCUT2D eigenvalue weighted by Gasteiger charge is -2.14. The van der Waals surface area contributed by atoms with Crippen LogP contribution in [0.5, 0.6) is 5.88 Å². The first-order chi connectivity index (χ1) is 12.3. The van der Waals surface area contributed by atoms with Gasteiger partial charge in [-0.2, -0.15) is 0 Å². The van der Waals surface area contributed by atoms with E-state index in [1.165, 1.54) is 17.7 Å².